The molecule has 6 nitrogen and oxygen atoms in total. The molecule has 128 valence electrons. The van der Waals surface area contributed by atoms with Crippen molar-refractivity contribution in [2.45, 2.75) is 18.4 Å². The highest BCUT2D eigenvalue weighted by Gasteiger charge is 2.28. The van der Waals surface area contributed by atoms with Gasteiger partial charge in [-0.1, -0.05) is 37.3 Å². The second-order valence-corrected chi connectivity index (χ2v) is 6.99. The predicted octanol–water partition coefficient (Wildman–Crippen LogP) is 2.60. The Labute approximate surface area is 141 Å². The number of nitrogens with zero attached hydrogens (tertiary/aromatic N) is 1. The van der Waals surface area contributed by atoms with Crippen molar-refractivity contribution >= 4 is 16.0 Å². The number of sulfonamides is 1. The van der Waals surface area contributed by atoms with Crippen molar-refractivity contribution in [2.75, 3.05) is 13.7 Å². The Hall–Kier alpha value is -2.38. The van der Waals surface area contributed by atoms with Crippen molar-refractivity contribution in [3.63, 3.8) is 0 Å². The smallest absolute Gasteiger partial charge is 0.335 e. The second kappa shape index (κ2) is 7.46. The summed E-state index contributed by atoms with van der Waals surface area (Å²) in [5.41, 5.74) is 0.737. The molecule has 0 bridgehead atoms. The van der Waals surface area contributed by atoms with E-state index in [1.807, 2.05) is 30.3 Å². The molecule has 0 saturated carbocycles. The maximum atomic E-state index is 13.0. The number of benzene rings is 2. The van der Waals surface area contributed by atoms with Crippen molar-refractivity contribution in [3.8, 4) is 5.75 Å². The quantitative estimate of drug-likeness (QED) is 0.831. The van der Waals surface area contributed by atoms with E-state index in [2.05, 4.69) is 0 Å². The summed E-state index contributed by atoms with van der Waals surface area (Å²) in [7, 11) is -2.55. The van der Waals surface area contributed by atoms with Gasteiger partial charge in [-0.05, 0) is 23.8 Å². The van der Waals surface area contributed by atoms with Crippen molar-refractivity contribution in [1.29, 1.82) is 0 Å². The highest BCUT2D eigenvalue weighted by Crippen LogP contribution is 2.28. The molecule has 0 heterocycles. The average molecular weight is 349 g/mol. The van der Waals surface area contributed by atoms with E-state index in [1.165, 1.54) is 23.5 Å². The maximum Gasteiger partial charge on any atom is 0.335 e. The summed E-state index contributed by atoms with van der Waals surface area (Å²) in [6.45, 7) is 2.17. The first-order valence-corrected chi connectivity index (χ1v) is 8.79. The molecule has 0 unspecified atom stereocenters. The SMILES string of the molecule is CCN(Cc1ccccc1)S(=O)(=O)c1cc(C(=O)O)ccc1OC. The minimum absolute atomic E-state index is 0.106. The fraction of sp³-hybridized carbons (Fsp3) is 0.235. The van der Waals surface area contributed by atoms with Crippen LogP contribution in [0.15, 0.2) is 53.4 Å². The van der Waals surface area contributed by atoms with E-state index >= 15 is 0 Å². The summed E-state index contributed by atoms with van der Waals surface area (Å²) in [6, 6.07) is 13.0. The lowest BCUT2D eigenvalue weighted by Crippen LogP contribution is -2.31. The molecule has 0 spiro atoms. The zero-order valence-electron chi connectivity index (χ0n) is 13.5. The van der Waals surface area contributed by atoms with Gasteiger partial charge in [-0.2, -0.15) is 4.31 Å². The second-order valence-electron chi connectivity index (χ2n) is 5.09. The van der Waals surface area contributed by atoms with Gasteiger partial charge in [0.25, 0.3) is 0 Å². The average Bonchev–Trinajstić information content (AvgIpc) is 2.59. The highest BCUT2D eigenvalue weighted by molar-refractivity contribution is 7.89. The van der Waals surface area contributed by atoms with Gasteiger partial charge in [-0.15, -0.1) is 0 Å². The molecular weight excluding hydrogens is 330 g/mol. The molecule has 7 heteroatoms. The van der Waals surface area contributed by atoms with Gasteiger partial charge in [-0.3, -0.25) is 0 Å². The van der Waals surface area contributed by atoms with Gasteiger partial charge in [0, 0.05) is 13.1 Å². The van der Waals surface area contributed by atoms with E-state index in [4.69, 9.17) is 9.84 Å². The van der Waals surface area contributed by atoms with Crippen molar-refractivity contribution < 1.29 is 23.1 Å². The standard InChI is InChI=1S/C17H19NO5S/c1-3-18(12-13-7-5-4-6-8-13)24(21,22)16-11-14(17(19)20)9-10-15(16)23-2/h4-11H,3,12H2,1-2H3,(H,19,20). The van der Waals surface area contributed by atoms with E-state index in [1.54, 1.807) is 6.92 Å². The lowest BCUT2D eigenvalue weighted by atomic mass is 10.2. The zero-order valence-corrected chi connectivity index (χ0v) is 14.3. The number of aromatic carboxylic acids is 1. The largest absolute Gasteiger partial charge is 0.495 e. The molecule has 0 radical (unpaired) electrons. The van der Waals surface area contributed by atoms with E-state index in [0.29, 0.717) is 0 Å². The van der Waals surface area contributed by atoms with E-state index in [9.17, 15) is 13.2 Å². The van der Waals surface area contributed by atoms with Crippen LogP contribution in [0.4, 0.5) is 0 Å². The van der Waals surface area contributed by atoms with E-state index in [-0.39, 0.29) is 29.3 Å². The number of rotatable bonds is 7. The Bertz CT molecular complexity index is 818. The minimum atomic E-state index is -3.90. The van der Waals surface area contributed by atoms with Crippen LogP contribution in [0.5, 0.6) is 5.75 Å². The van der Waals surface area contributed by atoms with Gasteiger partial charge >= 0.3 is 5.97 Å². The zero-order chi connectivity index (χ0) is 17.7. The summed E-state index contributed by atoms with van der Waals surface area (Å²) in [4.78, 5) is 11.0. The molecule has 24 heavy (non-hydrogen) atoms. The molecule has 0 aliphatic carbocycles. The molecule has 1 N–H and O–H groups in total. The van der Waals surface area contributed by atoms with Gasteiger partial charge < -0.3 is 9.84 Å². The Morgan fingerprint density at radius 3 is 2.38 bits per heavy atom. The summed E-state index contributed by atoms with van der Waals surface area (Å²) in [5.74, 6) is -1.08. The normalized spacial score (nSPS) is 11.5. The van der Waals surface area contributed by atoms with Crippen LogP contribution in [0, 0.1) is 0 Å². The third-order valence-corrected chi connectivity index (χ3v) is 5.52. The monoisotopic (exact) mass is 349 g/mol. The molecule has 2 aromatic rings. The van der Waals surface area contributed by atoms with Crippen LogP contribution in [0.3, 0.4) is 0 Å². The Balaban J connectivity index is 2.47. The van der Waals surface area contributed by atoms with E-state index < -0.39 is 16.0 Å². The van der Waals surface area contributed by atoms with Crippen LogP contribution in [0.1, 0.15) is 22.8 Å². The van der Waals surface area contributed by atoms with Gasteiger partial charge in [0.05, 0.1) is 12.7 Å². The first kappa shape index (κ1) is 18.0. The van der Waals surface area contributed by atoms with Crippen LogP contribution >= 0.6 is 0 Å². The highest BCUT2D eigenvalue weighted by atomic mass is 32.2. The van der Waals surface area contributed by atoms with Gasteiger partial charge in [0.1, 0.15) is 10.6 Å². The Morgan fingerprint density at radius 2 is 1.83 bits per heavy atom. The Morgan fingerprint density at radius 1 is 1.17 bits per heavy atom. The molecule has 2 aromatic carbocycles. The van der Waals surface area contributed by atoms with Gasteiger partial charge in [0.15, 0.2) is 0 Å². The van der Waals surface area contributed by atoms with Crippen molar-refractivity contribution in [1.82, 2.24) is 4.31 Å². The van der Waals surface area contributed by atoms with Crippen molar-refractivity contribution in [3.05, 3.63) is 59.7 Å². The lowest BCUT2D eigenvalue weighted by molar-refractivity contribution is 0.0696. The minimum Gasteiger partial charge on any atom is -0.495 e. The first-order chi connectivity index (χ1) is 11.4. The number of carboxylic acid groups (broad SMARTS) is 1. The Kier molecular flexibility index (Phi) is 5.58. The van der Waals surface area contributed by atoms with Gasteiger partial charge in [0.2, 0.25) is 10.0 Å². The number of hydrogen-bond acceptors (Lipinski definition) is 4. The molecule has 0 aliphatic rings. The van der Waals surface area contributed by atoms with Gasteiger partial charge in [-0.25, -0.2) is 13.2 Å². The number of carboxylic acids is 1. The van der Waals surface area contributed by atoms with Crippen LogP contribution in [-0.4, -0.2) is 37.5 Å². The predicted molar refractivity (Wildman–Crippen MR) is 89.7 cm³/mol. The summed E-state index contributed by atoms with van der Waals surface area (Å²) >= 11 is 0. The van der Waals surface area contributed by atoms with Crippen LogP contribution in [0.2, 0.25) is 0 Å². The summed E-state index contributed by atoms with van der Waals surface area (Å²) in [6.07, 6.45) is 0. The van der Waals surface area contributed by atoms with Crippen LogP contribution in [0.25, 0.3) is 0 Å². The van der Waals surface area contributed by atoms with E-state index in [0.717, 1.165) is 11.6 Å². The third-order valence-electron chi connectivity index (χ3n) is 3.58. The topological polar surface area (TPSA) is 83.9 Å². The molecule has 0 fully saturated rings. The molecular formula is C17H19NO5S. The molecule has 2 rings (SSSR count). The fourth-order valence-corrected chi connectivity index (χ4v) is 3.92. The number of carbonyl (C=O) groups is 1. The maximum absolute atomic E-state index is 13.0. The number of ether oxygens (including phenoxy) is 1. The molecule has 0 atom stereocenters. The first-order valence-electron chi connectivity index (χ1n) is 7.35. The lowest BCUT2D eigenvalue weighted by Gasteiger charge is -2.22. The van der Waals surface area contributed by atoms with Crippen LogP contribution < -0.4 is 4.74 Å². The van der Waals surface area contributed by atoms with Crippen molar-refractivity contribution in [2.24, 2.45) is 0 Å². The molecule has 0 aromatic heterocycles. The third kappa shape index (κ3) is 3.74. The molecule has 0 amide bonds. The number of hydrogen-bond donors (Lipinski definition) is 1. The number of methoxy groups -OCH3 is 1. The van der Waals surface area contributed by atoms with Crippen LogP contribution in [-0.2, 0) is 16.6 Å². The fourth-order valence-electron chi connectivity index (χ4n) is 2.30. The summed E-state index contributed by atoms with van der Waals surface area (Å²) in [5, 5.41) is 9.12. The molecule has 0 saturated heterocycles. The summed E-state index contributed by atoms with van der Waals surface area (Å²) < 4.78 is 32.3. The molecule has 0 aliphatic heterocycles.